The van der Waals surface area contributed by atoms with Crippen LogP contribution in [0.3, 0.4) is 0 Å². The number of halogens is 1. The number of carbonyl (C=O) groups excluding carboxylic acids is 1. The molecular weight excluding hydrogens is 534 g/mol. The van der Waals surface area contributed by atoms with E-state index >= 15 is 0 Å². The number of nitrogens with one attached hydrogen (secondary N) is 2. The number of pyridine rings is 1. The summed E-state index contributed by atoms with van der Waals surface area (Å²) < 4.78 is 49.9. The average Bonchev–Trinajstić information content (AvgIpc) is 3.54. The van der Waals surface area contributed by atoms with Crippen LogP contribution in [0.15, 0.2) is 41.7 Å². The third kappa shape index (κ3) is 6.14. The number of hydrogen-bond donors (Lipinski definition) is 2. The Kier molecular flexibility index (Phi) is 8.72. The van der Waals surface area contributed by atoms with Crippen molar-refractivity contribution in [2.45, 2.75) is 50.1 Å². The normalized spacial score (nSPS) is 15.2. The second-order valence-electron chi connectivity index (χ2n) is 10.3. The van der Waals surface area contributed by atoms with Gasteiger partial charge in [-0.2, -0.15) is 13.5 Å². The van der Waals surface area contributed by atoms with Crippen LogP contribution in [0, 0.1) is 5.82 Å². The van der Waals surface area contributed by atoms with Gasteiger partial charge in [0, 0.05) is 30.6 Å². The molecular formula is C26H32FN6NaO4S. The van der Waals surface area contributed by atoms with Crippen LogP contribution in [-0.2, 0) is 28.4 Å². The molecule has 0 radical (unpaired) electrons. The van der Waals surface area contributed by atoms with Crippen LogP contribution in [-0.4, -0.2) is 90.4 Å². The van der Waals surface area contributed by atoms with Crippen molar-refractivity contribution >= 4 is 51.3 Å². The van der Waals surface area contributed by atoms with Gasteiger partial charge in [-0.3, -0.25) is 4.68 Å². The van der Waals surface area contributed by atoms with Crippen LogP contribution in [0.2, 0.25) is 0 Å². The first-order valence-electron chi connectivity index (χ1n) is 12.5. The molecule has 2 N–H and O–H groups in total. The molecule has 204 valence electrons. The maximum atomic E-state index is 14.9. The molecule has 0 bridgehead atoms. The molecule has 3 aromatic rings. The van der Waals surface area contributed by atoms with Crippen molar-refractivity contribution in [2.24, 2.45) is 0 Å². The minimum atomic E-state index is -4.26. The number of aromatic nitrogens is 3. The Morgan fingerprint density at radius 1 is 1.15 bits per heavy atom. The van der Waals surface area contributed by atoms with Crippen LogP contribution in [0.5, 0.6) is 5.88 Å². The predicted octanol–water partition coefficient (Wildman–Crippen LogP) is 2.88. The Morgan fingerprint density at radius 3 is 2.59 bits per heavy atom. The predicted molar refractivity (Wildman–Crippen MR) is 147 cm³/mol. The molecule has 2 aliphatic rings. The van der Waals surface area contributed by atoms with Gasteiger partial charge in [-0.05, 0) is 87.5 Å². The topological polar surface area (TPSA) is 118 Å². The molecule has 39 heavy (non-hydrogen) atoms. The van der Waals surface area contributed by atoms with Crippen molar-refractivity contribution in [1.29, 1.82) is 0 Å². The van der Waals surface area contributed by atoms with Gasteiger partial charge >= 0.3 is 35.6 Å². The van der Waals surface area contributed by atoms with E-state index in [-0.39, 0.29) is 40.4 Å². The zero-order chi connectivity index (χ0) is 27.1. The Bertz CT molecular complexity index is 1490. The summed E-state index contributed by atoms with van der Waals surface area (Å²) >= 11 is 0. The molecule has 1 fully saturated rings. The number of fused-ring (bicyclic) bond motifs is 1. The molecule has 1 aromatic carbocycles. The first-order valence-corrected chi connectivity index (χ1v) is 14.0. The summed E-state index contributed by atoms with van der Waals surface area (Å²) in [4.78, 5) is 19.4. The molecule has 1 saturated heterocycles. The minimum absolute atomic E-state index is 0. The van der Waals surface area contributed by atoms with Gasteiger partial charge in [0.1, 0.15) is 5.82 Å². The van der Waals surface area contributed by atoms with Gasteiger partial charge < -0.3 is 15.0 Å². The number of ether oxygens (including phenoxy) is 1. The van der Waals surface area contributed by atoms with Gasteiger partial charge in [-0.1, -0.05) is 0 Å². The van der Waals surface area contributed by atoms with Gasteiger partial charge in [-0.15, -0.1) is 0 Å². The number of likely N-dealkylation sites (tertiary alicyclic amines) is 1. The summed E-state index contributed by atoms with van der Waals surface area (Å²) in [6.07, 6.45) is 6.11. The number of hydrogen-bond acceptors (Lipinski definition) is 7. The monoisotopic (exact) mass is 566 g/mol. The molecule has 1 aliphatic heterocycles. The fourth-order valence-electron chi connectivity index (χ4n) is 5.05. The van der Waals surface area contributed by atoms with Crippen LogP contribution < -0.4 is 14.8 Å². The van der Waals surface area contributed by atoms with Crippen LogP contribution >= 0.6 is 0 Å². The van der Waals surface area contributed by atoms with Crippen molar-refractivity contribution in [3.63, 3.8) is 0 Å². The molecule has 1 aliphatic carbocycles. The summed E-state index contributed by atoms with van der Waals surface area (Å²) in [5.41, 5.74) is 2.10. The molecule has 2 amide bonds. The van der Waals surface area contributed by atoms with E-state index in [9.17, 15) is 17.6 Å². The fourth-order valence-corrected chi connectivity index (χ4v) is 5.89. The number of methoxy groups -OCH3 is 1. The van der Waals surface area contributed by atoms with E-state index in [0.29, 0.717) is 46.7 Å². The first-order chi connectivity index (χ1) is 18.1. The molecule has 10 nitrogen and oxygen atoms in total. The van der Waals surface area contributed by atoms with Crippen LogP contribution in [0.1, 0.15) is 37.8 Å². The van der Waals surface area contributed by atoms with E-state index in [1.54, 1.807) is 23.0 Å². The maximum absolute atomic E-state index is 14.9. The van der Waals surface area contributed by atoms with E-state index in [1.165, 1.54) is 25.4 Å². The molecule has 0 atom stereocenters. The van der Waals surface area contributed by atoms with Gasteiger partial charge in [0.25, 0.3) is 10.0 Å². The van der Waals surface area contributed by atoms with Crippen molar-refractivity contribution in [3.8, 4) is 17.0 Å². The van der Waals surface area contributed by atoms with E-state index in [4.69, 9.17) is 4.74 Å². The van der Waals surface area contributed by atoms with Gasteiger partial charge in [0.05, 0.1) is 18.3 Å². The Morgan fingerprint density at radius 2 is 1.90 bits per heavy atom. The number of urea groups is 1. The van der Waals surface area contributed by atoms with Gasteiger partial charge in [-0.25, -0.2) is 18.9 Å². The van der Waals surface area contributed by atoms with E-state index in [0.717, 1.165) is 32.5 Å². The summed E-state index contributed by atoms with van der Waals surface area (Å²) in [7, 11) is -2.79. The van der Waals surface area contributed by atoms with Crippen LogP contribution in [0.25, 0.3) is 11.1 Å². The number of sulfonamides is 1. The zero-order valence-electron chi connectivity index (χ0n) is 21.6. The number of rotatable bonds is 8. The Hall–Kier alpha value is -2.51. The summed E-state index contributed by atoms with van der Waals surface area (Å²) in [5, 5.41) is 6.69. The van der Waals surface area contributed by atoms with E-state index in [2.05, 4.69) is 25.0 Å². The standard InChI is InChI=1S/C26H31FN6O4S.Na.H/c1-26(2,16-32-11-5-12-32)33-13-9-23(30-33)38(35,36)31-25(34)29-24-19-7-4-6-18(19)21(27)15-20(24)17-8-10-28-22(14-17)37-3;;/h8-10,13-15H,4-7,11-12,16H2,1-3H3,(H2,29,31,34);;. The summed E-state index contributed by atoms with van der Waals surface area (Å²) in [5.74, 6) is -0.0396. The molecule has 0 saturated carbocycles. The van der Waals surface area contributed by atoms with E-state index in [1.807, 2.05) is 13.8 Å². The average molecular weight is 567 g/mol. The van der Waals surface area contributed by atoms with Gasteiger partial charge in [0.2, 0.25) is 5.88 Å². The number of anilines is 1. The number of nitrogens with zero attached hydrogens (tertiary/aromatic N) is 4. The second kappa shape index (κ2) is 11.5. The summed E-state index contributed by atoms with van der Waals surface area (Å²) in [6.45, 7) is 6.73. The zero-order valence-corrected chi connectivity index (χ0v) is 22.4. The number of benzene rings is 1. The van der Waals surface area contributed by atoms with Crippen molar-refractivity contribution in [2.75, 3.05) is 32.1 Å². The van der Waals surface area contributed by atoms with Crippen molar-refractivity contribution in [1.82, 2.24) is 24.4 Å². The Labute approximate surface area is 249 Å². The number of amides is 2. The molecule has 13 heteroatoms. The van der Waals surface area contributed by atoms with Gasteiger partial charge in [0.15, 0.2) is 5.03 Å². The van der Waals surface area contributed by atoms with Crippen molar-refractivity contribution in [3.05, 3.63) is 53.6 Å². The molecule has 3 heterocycles. The molecule has 2 aromatic heterocycles. The van der Waals surface area contributed by atoms with Crippen LogP contribution in [0.4, 0.5) is 14.9 Å². The number of carbonyl (C=O) groups is 1. The molecule has 0 spiro atoms. The molecule has 5 rings (SSSR count). The van der Waals surface area contributed by atoms with E-state index < -0.39 is 21.6 Å². The quantitative estimate of drug-likeness (QED) is 0.403. The fraction of sp³-hybridized carbons (Fsp3) is 0.423. The second-order valence-corrected chi connectivity index (χ2v) is 11.9. The third-order valence-electron chi connectivity index (χ3n) is 7.09. The first kappa shape index (κ1) is 29.5. The van der Waals surface area contributed by atoms with Crippen molar-refractivity contribution < 1.29 is 22.3 Å². The molecule has 0 unspecified atom stereocenters. The Balaban J connectivity index is 0.00000353. The SMILES string of the molecule is COc1cc(-c2cc(F)c3c(c2NC(=O)NS(=O)(=O)c2ccn(C(C)(C)CN4CCC4)n2)CCC3)ccn1.[NaH]. The summed E-state index contributed by atoms with van der Waals surface area (Å²) in [6, 6.07) is 5.07. The third-order valence-corrected chi connectivity index (χ3v) is 8.31.